The van der Waals surface area contributed by atoms with Crippen molar-refractivity contribution in [3.05, 3.63) is 70.7 Å². The molecule has 0 saturated heterocycles. The molecule has 3 N–H and O–H groups in total. The SMILES string of the molecule is Cc1nc(CC(N)=NOCC(=O)Nc2cccc(Oc3ccccc3)c2)cs1. The molecule has 0 aliphatic carbocycles. The van der Waals surface area contributed by atoms with E-state index in [0.717, 1.165) is 16.5 Å². The van der Waals surface area contributed by atoms with Gasteiger partial charge in [-0.3, -0.25) is 4.79 Å². The number of nitrogens with two attached hydrogens (primary N) is 1. The zero-order valence-electron chi connectivity index (χ0n) is 15.3. The number of nitrogens with zero attached hydrogens (tertiary/aromatic N) is 2. The Labute approximate surface area is 166 Å². The molecule has 7 nitrogen and oxygen atoms in total. The van der Waals surface area contributed by atoms with Gasteiger partial charge in [0.2, 0.25) is 0 Å². The van der Waals surface area contributed by atoms with Gasteiger partial charge in [0, 0.05) is 17.1 Å². The maximum absolute atomic E-state index is 12.0. The van der Waals surface area contributed by atoms with Gasteiger partial charge in [-0.25, -0.2) is 4.98 Å². The molecule has 2 aromatic carbocycles. The maximum atomic E-state index is 12.0. The Bertz CT molecular complexity index is 957. The molecule has 0 atom stereocenters. The number of amidine groups is 1. The van der Waals surface area contributed by atoms with E-state index in [4.69, 9.17) is 15.3 Å². The van der Waals surface area contributed by atoms with Gasteiger partial charge in [-0.05, 0) is 31.2 Å². The van der Waals surface area contributed by atoms with E-state index in [0.29, 0.717) is 17.9 Å². The van der Waals surface area contributed by atoms with Crippen molar-refractivity contribution in [2.24, 2.45) is 10.9 Å². The van der Waals surface area contributed by atoms with Gasteiger partial charge >= 0.3 is 0 Å². The van der Waals surface area contributed by atoms with Crippen molar-refractivity contribution in [3.8, 4) is 11.5 Å². The second-order valence-electron chi connectivity index (χ2n) is 5.88. The summed E-state index contributed by atoms with van der Waals surface area (Å²) in [6.45, 7) is 1.67. The molecule has 144 valence electrons. The first-order valence-corrected chi connectivity index (χ1v) is 9.44. The molecule has 3 rings (SSSR count). The largest absolute Gasteiger partial charge is 0.457 e. The number of benzene rings is 2. The second kappa shape index (κ2) is 9.52. The zero-order valence-corrected chi connectivity index (χ0v) is 16.1. The number of aryl methyl sites for hydroxylation is 1. The van der Waals surface area contributed by atoms with Crippen LogP contribution in [-0.2, 0) is 16.1 Å². The van der Waals surface area contributed by atoms with Crippen molar-refractivity contribution >= 4 is 28.8 Å². The van der Waals surface area contributed by atoms with Crippen LogP contribution >= 0.6 is 11.3 Å². The molecule has 0 aliphatic rings. The van der Waals surface area contributed by atoms with Crippen molar-refractivity contribution in [3.63, 3.8) is 0 Å². The first-order chi connectivity index (χ1) is 13.6. The third kappa shape index (κ3) is 6.10. The summed E-state index contributed by atoms with van der Waals surface area (Å²) in [6, 6.07) is 16.5. The molecule has 0 fully saturated rings. The van der Waals surface area contributed by atoms with Crippen LogP contribution in [0.15, 0.2) is 65.1 Å². The molecule has 0 saturated carbocycles. The third-order valence-corrected chi connectivity index (χ3v) is 4.33. The Morgan fingerprint density at radius 1 is 1.18 bits per heavy atom. The van der Waals surface area contributed by atoms with Crippen LogP contribution in [0.5, 0.6) is 11.5 Å². The van der Waals surface area contributed by atoms with Crippen LogP contribution in [0.25, 0.3) is 0 Å². The van der Waals surface area contributed by atoms with Crippen LogP contribution in [0.4, 0.5) is 5.69 Å². The quantitative estimate of drug-likeness (QED) is 0.343. The van der Waals surface area contributed by atoms with Crippen molar-refractivity contribution < 1.29 is 14.4 Å². The lowest BCUT2D eigenvalue weighted by molar-refractivity contribution is -0.120. The average Bonchev–Trinajstić information content (AvgIpc) is 3.07. The molecule has 28 heavy (non-hydrogen) atoms. The molecular formula is C20H20N4O3S. The number of rotatable bonds is 8. The van der Waals surface area contributed by atoms with Gasteiger partial charge in [0.05, 0.1) is 17.1 Å². The molecule has 1 amide bonds. The van der Waals surface area contributed by atoms with Crippen LogP contribution in [0, 0.1) is 6.92 Å². The number of aromatic nitrogens is 1. The Kier molecular flexibility index (Phi) is 6.59. The minimum absolute atomic E-state index is 0.249. The van der Waals surface area contributed by atoms with Gasteiger partial charge in [0.15, 0.2) is 6.61 Å². The Morgan fingerprint density at radius 3 is 2.71 bits per heavy atom. The number of oxime groups is 1. The number of thiazole rings is 1. The van der Waals surface area contributed by atoms with Gasteiger partial charge in [-0.2, -0.15) is 0 Å². The summed E-state index contributed by atoms with van der Waals surface area (Å²) < 4.78 is 5.75. The summed E-state index contributed by atoms with van der Waals surface area (Å²) in [7, 11) is 0. The monoisotopic (exact) mass is 396 g/mol. The second-order valence-corrected chi connectivity index (χ2v) is 6.94. The normalized spacial score (nSPS) is 11.1. The molecule has 1 aromatic heterocycles. The van der Waals surface area contributed by atoms with Crippen molar-refractivity contribution in [2.75, 3.05) is 11.9 Å². The highest BCUT2D eigenvalue weighted by atomic mass is 32.1. The van der Waals surface area contributed by atoms with Crippen molar-refractivity contribution in [2.45, 2.75) is 13.3 Å². The van der Waals surface area contributed by atoms with E-state index in [-0.39, 0.29) is 18.3 Å². The molecular weight excluding hydrogens is 376 g/mol. The molecule has 0 aliphatic heterocycles. The zero-order chi connectivity index (χ0) is 19.8. The Morgan fingerprint density at radius 2 is 1.96 bits per heavy atom. The van der Waals surface area contributed by atoms with Crippen LogP contribution < -0.4 is 15.8 Å². The number of amides is 1. The van der Waals surface area contributed by atoms with E-state index in [1.165, 1.54) is 0 Å². The van der Waals surface area contributed by atoms with Crippen LogP contribution in [-0.4, -0.2) is 23.3 Å². The standard InChI is InChI=1S/C20H20N4O3S/c1-14-22-16(13-28-14)11-19(21)24-26-12-20(25)23-15-6-5-9-18(10-15)27-17-7-3-2-4-8-17/h2-10,13H,11-12H2,1H3,(H2,21,24)(H,23,25). The predicted molar refractivity (Wildman–Crippen MR) is 110 cm³/mol. The molecule has 0 spiro atoms. The third-order valence-electron chi connectivity index (χ3n) is 3.50. The maximum Gasteiger partial charge on any atom is 0.265 e. The number of nitrogens with one attached hydrogen (secondary N) is 1. The van der Waals surface area contributed by atoms with Crippen molar-refractivity contribution in [1.82, 2.24) is 4.98 Å². The molecule has 0 unspecified atom stereocenters. The summed E-state index contributed by atoms with van der Waals surface area (Å²) in [5.41, 5.74) is 7.21. The lowest BCUT2D eigenvalue weighted by Crippen LogP contribution is -2.20. The minimum atomic E-state index is -0.349. The van der Waals surface area contributed by atoms with Gasteiger partial charge in [-0.15, -0.1) is 11.3 Å². The minimum Gasteiger partial charge on any atom is -0.457 e. The highest BCUT2D eigenvalue weighted by Crippen LogP contribution is 2.23. The van der Waals surface area contributed by atoms with Crippen LogP contribution in [0.3, 0.4) is 0 Å². The molecule has 0 bridgehead atoms. The van der Waals surface area contributed by atoms with E-state index >= 15 is 0 Å². The number of carbonyl (C=O) groups is 1. The lowest BCUT2D eigenvalue weighted by atomic mass is 10.3. The van der Waals surface area contributed by atoms with Crippen LogP contribution in [0.2, 0.25) is 0 Å². The topological polar surface area (TPSA) is 98.8 Å². The number of hydrogen-bond donors (Lipinski definition) is 2. The van der Waals surface area contributed by atoms with Gasteiger partial charge < -0.3 is 20.6 Å². The first-order valence-electron chi connectivity index (χ1n) is 8.56. The summed E-state index contributed by atoms with van der Waals surface area (Å²) >= 11 is 1.54. The van der Waals surface area contributed by atoms with Gasteiger partial charge in [0.1, 0.15) is 17.3 Å². The number of hydrogen-bond acceptors (Lipinski definition) is 6. The van der Waals surface area contributed by atoms with Gasteiger partial charge in [0.25, 0.3) is 5.91 Å². The summed E-state index contributed by atoms with van der Waals surface area (Å²) in [5, 5.41) is 9.36. The number of carbonyl (C=O) groups excluding carboxylic acids is 1. The van der Waals surface area contributed by atoms with E-state index in [1.807, 2.05) is 48.7 Å². The van der Waals surface area contributed by atoms with Gasteiger partial charge in [-0.1, -0.05) is 29.4 Å². The highest BCUT2D eigenvalue weighted by Gasteiger charge is 2.06. The fourth-order valence-corrected chi connectivity index (χ4v) is 2.95. The van der Waals surface area contributed by atoms with Crippen LogP contribution in [0.1, 0.15) is 10.7 Å². The summed E-state index contributed by atoms with van der Waals surface area (Å²) in [5.74, 6) is 1.24. The van der Waals surface area contributed by atoms with E-state index in [2.05, 4.69) is 15.5 Å². The van der Waals surface area contributed by atoms with E-state index in [9.17, 15) is 4.79 Å². The predicted octanol–water partition coefficient (Wildman–Crippen LogP) is 3.71. The summed E-state index contributed by atoms with van der Waals surface area (Å²) in [6.07, 6.45) is 0.380. The highest BCUT2D eigenvalue weighted by molar-refractivity contribution is 7.09. The van der Waals surface area contributed by atoms with E-state index < -0.39 is 0 Å². The van der Waals surface area contributed by atoms with Crippen molar-refractivity contribution in [1.29, 1.82) is 0 Å². The average molecular weight is 396 g/mol. The number of anilines is 1. The Balaban J connectivity index is 1.48. The molecule has 8 heteroatoms. The molecule has 3 aromatic rings. The molecule has 1 heterocycles. The number of para-hydroxylation sites is 1. The fraction of sp³-hybridized carbons (Fsp3) is 0.150. The first kappa shape index (κ1) is 19.4. The van der Waals surface area contributed by atoms with E-state index in [1.54, 1.807) is 29.5 Å². The molecule has 0 radical (unpaired) electrons. The Hall–Kier alpha value is -3.39. The number of ether oxygens (including phenoxy) is 1. The smallest absolute Gasteiger partial charge is 0.265 e. The fourth-order valence-electron chi connectivity index (χ4n) is 2.34. The summed E-state index contributed by atoms with van der Waals surface area (Å²) in [4.78, 5) is 21.4. The lowest BCUT2D eigenvalue weighted by Gasteiger charge is -2.08.